The largest absolute Gasteiger partial charge is 0.508 e. The van der Waals surface area contributed by atoms with Crippen LogP contribution in [0.1, 0.15) is 6.92 Å². The van der Waals surface area contributed by atoms with Crippen LogP contribution in [0.15, 0.2) is 23.1 Å². The zero-order chi connectivity index (χ0) is 11.3. The molecular formula is C10H11FO3S. The highest BCUT2D eigenvalue weighted by Gasteiger charge is 2.07. The molecule has 1 N–H and O–H groups in total. The zero-order valence-electron chi connectivity index (χ0n) is 8.20. The first kappa shape index (κ1) is 11.8. The van der Waals surface area contributed by atoms with Crippen molar-refractivity contribution >= 4 is 17.7 Å². The molecular weight excluding hydrogens is 219 g/mol. The minimum atomic E-state index is -0.538. The molecule has 0 heterocycles. The van der Waals surface area contributed by atoms with Gasteiger partial charge in [0.15, 0.2) is 0 Å². The fourth-order valence-corrected chi connectivity index (χ4v) is 1.66. The van der Waals surface area contributed by atoms with Crippen LogP contribution in [-0.2, 0) is 9.53 Å². The van der Waals surface area contributed by atoms with E-state index in [2.05, 4.69) is 0 Å². The third-order valence-corrected chi connectivity index (χ3v) is 2.59. The van der Waals surface area contributed by atoms with E-state index in [-0.39, 0.29) is 17.5 Å². The Balaban J connectivity index is 2.54. The molecule has 0 saturated carbocycles. The Kier molecular flexibility index (Phi) is 4.42. The average molecular weight is 230 g/mol. The lowest BCUT2D eigenvalue weighted by molar-refractivity contribution is -0.139. The number of carbonyl (C=O) groups excluding carboxylic acids is 1. The summed E-state index contributed by atoms with van der Waals surface area (Å²) in [6.45, 7) is 2.03. The van der Waals surface area contributed by atoms with Gasteiger partial charge in [-0.3, -0.25) is 4.79 Å². The summed E-state index contributed by atoms with van der Waals surface area (Å²) in [4.78, 5) is 11.3. The molecule has 3 nitrogen and oxygen atoms in total. The van der Waals surface area contributed by atoms with Gasteiger partial charge in [-0.2, -0.15) is 0 Å². The molecule has 0 bridgehead atoms. The van der Waals surface area contributed by atoms with E-state index in [0.29, 0.717) is 11.5 Å². The van der Waals surface area contributed by atoms with E-state index in [4.69, 9.17) is 9.84 Å². The molecule has 0 fully saturated rings. The maximum atomic E-state index is 13.2. The number of esters is 1. The van der Waals surface area contributed by atoms with Gasteiger partial charge < -0.3 is 9.84 Å². The van der Waals surface area contributed by atoms with Crippen LogP contribution < -0.4 is 0 Å². The van der Waals surface area contributed by atoms with E-state index in [0.717, 1.165) is 17.8 Å². The molecule has 0 unspecified atom stereocenters. The first-order valence-corrected chi connectivity index (χ1v) is 5.39. The van der Waals surface area contributed by atoms with Crippen LogP contribution in [0, 0.1) is 5.82 Å². The van der Waals surface area contributed by atoms with Gasteiger partial charge in [-0.1, -0.05) is 0 Å². The molecule has 0 atom stereocenters. The van der Waals surface area contributed by atoms with E-state index >= 15 is 0 Å². The maximum absolute atomic E-state index is 13.2. The summed E-state index contributed by atoms with van der Waals surface area (Å²) in [5, 5.41) is 8.96. The molecule has 0 aliphatic rings. The zero-order valence-corrected chi connectivity index (χ0v) is 9.01. The Labute approximate surface area is 91.2 Å². The van der Waals surface area contributed by atoms with Crippen LogP contribution in [0.25, 0.3) is 0 Å². The van der Waals surface area contributed by atoms with Gasteiger partial charge in [-0.05, 0) is 19.1 Å². The van der Waals surface area contributed by atoms with E-state index < -0.39 is 5.82 Å². The first-order valence-electron chi connectivity index (χ1n) is 4.40. The standard InChI is InChI=1S/C10H11FO3S/c1-2-14-10(13)6-15-9-4-3-7(12)5-8(9)11/h3-5,12H,2,6H2,1H3. The Morgan fingerprint density at radius 1 is 1.60 bits per heavy atom. The molecule has 1 aromatic rings. The van der Waals surface area contributed by atoms with Gasteiger partial charge >= 0.3 is 5.97 Å². The van der Waals surface area contributed by atoms with Gasteiger partial charge in [-0.15, -0.1) is 11.8 Å². The smallest absolute Gasteiger partial charge is 0.316 e. The Morgan fingerprint density at radius 2 is 2.33 bits per heavy atom. The third-order valence-electron chi connectivity index (χ3n) is 1.57. The summed E-state index contributed by atoms with van der Waals surface area (Å²) in [6.07, 6.45) is 0. The fourth-order valence-electron chi connectivity index (χ4n) is 0.946. The second-order valence-corrected chi connectivity index (χ2v) is 3.73. The van der Waals surface area contributed by atoms with Gasteiger partial charge in [0.2, 0.25) is 0 Å². The molecule has 0 amide bonds. The molecule has 0 aliphatic carbocycles. The molecule has 1 aromatic carbocycles. The van der Waals surface area contributed by atoms with Crippen molar-refractivity contribution in [3.8, 4) is 5.75 Å². The summed E-state index contributed by atoms with van der Waals surface area (Å²) in [5.41, 5.74) is 0. The monoisotopic (exact) mass is 230 g/mol. The van der Waals surface area contributed by atoms with Crippen molar-refractivity contribution in [2.75, 3.05) is 12.4 Å². The minimum Gasteiger partial charge on any atom is -0.508 e. The summed E-state index contributed by atoms with van der Waals surface area (Å²) in [7, 11) is 0. The normalized spacial score (nSPS) is 10.0. The predicted octanol–water partition coefficient (Wildman–Crippen LogP) is 2.19. The summed E-state index contributed by atoms with van der Waals surface area (Å²) in [6, 6.07) is 3.80. The minimum absolute atomic E-state index is 0.0650. The van der Waals surface area contributed by atoms with E-state index in [1.54, 1.807) is 6.92 Å². The van der Waals surface area contributed by atoms with Gasteiger partial charge in [0.25, 0.3) is 0 Å². The van der Waals surface area contributed by atoms with E-state index in [9.17, 15) is 9.18 Å². The lowest BCUT2D eigenvalue weighted by atomic mass is 10.3. The average Bonchev–Trinajstić information content (AvgIpc) is 2.17. The second-order valence-electron chi connectivity index (χ2n) is 2.71. The molecule has 82 valence electrons. The molecule has 0 radical (unpaired) electrons. The lowest BCUT2D eigenvalue weighted by Gasteiger charge is -2.03. The molecule has 5 heteroatoms. The van der Waals surface area contributed by atoms with Gasteiger partial charge in [0.05, 0.1) is 12.4 Å². The number of carbonyl (C=O) groups is 1. The van der Waals surface area contributed by atoms with Crippen LogP contribution in [0.4, 0.5) is 4.39 Å². The van der Waals surface area contributed by atoms with Gasteiger partial charge in [-0.25, -0.2) is 4.39 Å². The molecule has 0 aliphatic heterocycles. The Bertz CT molecular complexity index is 355. The fraction of sp³-hybridized carbons (Fsp3) is 0.300. The highest BCUT2D eigenvalue weighted by Crippen LogP contribution is 2.24. The van der Waals surface area contributed by atoms with Crippen molar-refractivity contribution in [3.05, 3.63) is 24.0 Å². The summed E-state index contributed by atoms with van der Waals surface area (Å²) < 4.78 is 17.8. The van der Waals surface area contributed by atoms with Crippen molar-refractivity contribution in [2.45, 2.75) is 11.8 Å². The van der Waals surface area contributed by atoms with Crippen molar-refractivity contribution < 1.29 is 19.0 Å². The number of aromatic hydroxyl groups is 1. The molecule has 15 heavy (non-hydrogen) atoms. The number of hydrogen-bond acceptors (Lipinski definition) is 4. The van der Waals surface area contributed by atoms with Crippen molar-refractivity contribution in [1.29, 1.82) is 0 Å². The number of phenols is 1. The first-order chi connectivity index (χ1) is 7.13. The second kappa shape index (κ2) is 5.60. The molecule has 0 aromatic heterocycles. The number of thioether (sulfide) groups is 1. The summed E-state index contributed by atoms with van der Waals surface area (Å²) >= 11 is 1.04. The maximum Gasteiger partial charge on any atom is 0.316 e. The lowest BCUT2D eigenvalue weighted by Crippen LogP contribution is -2.06. The number of rotatable bonds is 4. The van der Waals surface area contributed by atoms with Crippen LogP contribution in [0.3, 0.4) is 0 Å². The van der Waals surface area contributed by atoms with Crippen molar-refractivity contribution in [1.82, 2.24) is 0 Å². The molecule has 0 saturated heterocycles. The topological polar surface area (TPSA) is 46.5 Å². The predicted molar refractivity (Wildman–Crippen MR) is 55.4 cm³/mol. The Hall–Kier alpha value is -1.23. The molecule has 1 rings (SSSR count). The quantitative estimate of drug-likeness (QED) is 0.636. The van der Waals surface area contributed by atoms with Crippen molar-refractivity contribution in [2.24, 2.45) is 0 Å². The van der Waals surface area contributed by atoms with E-state index in [1.807, 2.05) is 0 Å². The van der Waals surface area contributed by atoms with Gasteiger partial charge in [0.1, 0.15) is 11.6 Å². The van der Waals surface area contributed by atoms with Crippen molar-refractivity contribution in [3.63, 3.8) is 0 Å². The number of ether oxygens (including phenoxy) is 1. The highest BCUT2D eigenvalue weighted by atomic mass is 32.2. The number of phenolic OH excluding ortho intramolecular Hbond substituents is 1. The van der Waals surface area contributed by atoms with Crippen LogP contribution >= 0.6 is 11.8 Å². The van der Waals surface area contributed by atoms with Crippen LogP contribution in [-0.4, -0.2) is 23.4 Å². The molecule has 0 spiro atoms. The van der Waals surface area contributed by atoms with E-state index in [1.165, 1.54) is 12.1 Å². The Morgan fingerprint density at radius 3 is 2.93 bits per heavy atom. The van der Waals surface area contributed by atoms with Crippen LogP contribution in [0.2, 0.25) is 0 Å². The number of benzene rings is 1. The SMILES string of the molecule is CCOC(=O)CSc1ccc(O)cc1F. The third kappa shape index (κ3) is 3.79. The number of hydrogen-bond donors (Lipinski definition) is 1. The van der Waals surface area contributed by atoms with Gasteiger partial charge in [0, 0.05) is 11.0 Å². The highest BCUT2D eigenvalue weighted by molar-refractivity contribution is 8.00. The number of halogens is 1. The summed E-state index contributed by atoms with van der Waals surface area (Å²) in [5.74, 6) is -0.984. The van der Waals surface area contributed by atoms with Crippen LogP contribution in [0.5, 0.6) is 5.75 Å².